The molecule has 2 aliphatic rings. The minimum Gasteiger partial charge on any atom is -0.368 e. The van der Waals surface area contributed by atoms with E-state index in [-0.39, 0.29) is 29.8 Å². The summed E-state index contributed by atoms with van der Waals surface area (Å²) in [6.07, 6.45) is 2.50. The van der Waals surface area contributed by atoms with E-state index in [9.17, 15) is 4.39 Å². The molecule has 5 nitrogen and oxygen atoms in total. The summed E-state index contributed by atoms with van der Waals surface area (Å²) in [5.74, 6) is 1.55. The zero-order chi connectivity index (χ0) is 19.1. The first-order chi connectivity index (χ1) is 13.2. The van der Waals surface area contributed by atoms with Gasteiger partial charge in [0.25, 0.3) is 0 Å². The van der Waals surface area contributed by atoms with Gasteiger partial charge in [-0.3, -0.25) is 4.99 Å². The summed E-state index contributed by atoms with van der Waals surface area (Å²) in [5.41, 5.74) is 1.10. The third kappa shape index (κ3) is 6.47. The lowest BCUT2D eigenvalue weighted by atomic mass is 10.1. The molecule has 0 aromatic heterocycles. The van der Waals surface area contributed by atoms with Gasteiger partial charge in [-0.2, -0.15) is 0 Å². The zero-order valence-electron chi connectivity index (χ0n) is 17.2. The summed E-state index contributed by atoms with van der Waals surface area (Å²) in [6.45, 7) is 13.6. The number of nitrogens with one attached hydrogen (secondary N) is 1. The van der Waals surface area contributed by atoms with Gasteiger partial charge in [-0.25, -0.2) is 4.39 Å². The molecule has 1 atom stereocenters. The molecule has 0 bridgehead atoms. The van der Waals surface area contributed by atoms with Gasteiger partial charge in [-0.05, 0) is 63.0 Å². The first kappa shape index (κ1) is 23.2. The number of likely N-dealkylation sites (tertiary alicyclic amines) is 1. The monoisotopic (exact) mass is 503 g/mol. The Morgan fingerprint density at radius 1 is 1.11 bits per heavy atom. The first-order valence-corrected chi connectivity index (χ1v) is 10.5. The van der Waals surface area contributed by atoms with Crippen LogP contribution in [0.1, 0.15) is 26.7 Å². The summed E-state index contributed by atoms with van der Waals surface area (Å²) in [6, 6.07) is 6.81. The Bertz CT molecular complexity index is 601. The Balaban J connectivity index is 0.00000280. The lowest BCUT2D eigenvalue weighted by Crippen LogP contribution is -2.52. The second-order valence-electron chi connectivity index (χ2n) is 7.60. The van der Waals surface area contributed by atoms with Gasteiger partial charge in [0.1, 0.15) is 5.82 Å². The molecule has 0 amide bonds. The summed E-state index contributed by atoms with van der Waals surface area (Å²) in [5, 5.41) is 3.47. The molecule has 28 heavy (non-hydrogen) atoms. The Hall–Kier alpha value is -1.09. The second-order valence-corrected chi connectivity index (χ2v) is 7.60. The number of guanidine groups is 1. The highest BCUT2D eigenvalue weighted by Gasteiger charge is 2.23. The Labute approximate surface area is 186 Å². The summed E-state index contributed by atoms with van der Waals surface area (Å²) >= 11 is 0. The van der Waals surface area contributed by atoms with Gasteiger partial charge in [-0.1, -0.05) is 6.92 Å². The quantitative estimate of drug-likeness (QED) is 0.367. The maximum atomic E-state index is 13.1. The fourth-order valence-electron chi connectivity index (χ4n) is 4.05. The van der Waals surface area contributed by atoms with Crippen LogP contribution in [0.2, 0.25) is 0 Å². The van der Waals surface area contributed by atoms with Gasteiger partial charge >= 0.3 is 0 Å². The minimum absolute atomic E-state index is 0. The van der Waals surface area contributed by atoms with Crippen LogP contribution in [0.25, 0.3) is 0 Å². The van der Waals surface area contributed by atoms with Crippen LogP contribution in [0.4, 0.5) is 10.1 Å². The van der Waals surface area contributed by atoms with E-state index in [1.54, 1.807) is 0 Å². The highest BCUT2D eigenvalue weighted by molar-refractivity contribution is 14.0. The van der Waals surface area contributed by atoms with E-state index >= 15 is 0 Å². The van der Waals surface area contributed by atoms with Crippen molar-refractivity contribution in [1.82, 2.24) is 15.1 Å². The molecule has 2 aliphatic heterocycles. The molecule has 0 aliphatic carbocycles. The SMILES string of the molecule is CCCN1CCC(CN=C(NCC)N2CCN(c3ccc(F)cc3)CC2)C1.I. The Kier molecular flexibility index (Phi) is 9.77. The highest BCUT2D eigenvalue weighted by atomic mass is 127. The van der Waals surface area contributed by atoms with Crippen molar-refractivity contribution in [3.05, 3.63) is 30.1 Å². The van der Waals surface area contributed by atoms with Crippen molar-refractivity contribution in [3.63, 3.8) is 0 Å². The van der Waals surface area contributed by atoms with E-state index < -0.39 is 0 Å². The van der Waals surface area contributed by atoms with Crippen LogP contribution >= 0.6 is 24.0 Å². The number of benzene rings is 1. The van der Waals surface area contributed by atoms with E-state index in [1.807, 2.05) is 12.1 Å². The third-order valence-corrected chi connectivity index (χ3v) is 5.51. The van der Waals surface area contributed by atoms with Crippen molar-refractivity contribution >= 4 is 35.6 Å². The standard InChI is InChI=1S/C21H34FN5.HI/c1-3-10-25-11-9-18(17-25)16-24-21(23-4-2)27-14-12-26(13-15-27)20-7-5-19(22)6-8-20;/h5-8,18H,3-4,9-17H2,1-2H3,(H,23,24);1H. The number of aliphatic imine (C=N–C) groups is 1. The van der Waals surface area contributed by atoms with E-state index in [2.05, 4.69) is 33.9 Å². The molecule has 3 rings (SSSR count). The molecule has 2 heterocycles. The molecule has 0 radical (unpaired) electrons. The number of hydrogen-bond donors (Lipinski definition) is 1. The average molecular weight is 503 g/mol. The molecule has 0 spiro atoms. The van der Waals surface area contributed by atoms with Gasteiger partial charge in [0.05, 0.1) is 0 Å². The Morgan fingerprint density at radius 2 is 1.82 bits per heavy atom. The van der Waals surface area contributed by atoms with E-state index in [4.69, 9.17) is 4.99 Å². The van der Waals surface area contributed by atoms with Gasteiger partial charge in [0.15, 0.2) is 5.96 Å². The maximum Gasteiger partial charge on any atom is 0.194 e. The number of nitrogens with zero attached hydrogens (tertiary/aromatic N) is 4. The van der Waals surface area contributed by atoms with Crippen molar-refractivity contribution < 1.29 is 4.39 Å². The fraction of sp³-hybridized carbons (Fsp3) is 0.667. The topological polar surface area (TPSA) is 34.1 Å². The van der Waals surface area contributed by atoms with E-state index in [0.29, 0.717) is 5.92 Å². The number of halogens is 2. The lowest BCUT2D eigenvalue weighted by molar-refractivity contribution is 0.325. The van der Waals surface area contributed by atoms with Crippen LogP contribution in [0.3, 0.4) is 0 Å². The van der Waals surface area contributed by atoms with E-state index in [0.717, 1.165) is 50.9 Å². The van der Waals surface area contributed by atoms with Gasteiger partial charge < -0.3 is 20.0 Å². The smallest absolute Gasteiger partial charge is 0.194 e. The predicted molar refractivity (Wildman–Crippen MR) is 126 cm³/mol. The van der Waals surface area contributed by atoms with Crippen LogP contribution in [-0.2, 0) is 0 Å². The van der Waals surface area contributed by atoms with Gasteiger partial charge in [0.2, 0.25) is 0 Å². The van der Waals surface area contributed by atoms with Crippen molar-refractivity contribution in [2.75, 3.05) is 63.8 Å². The molecule has 2 fully saturated rings. The van der Waals surface area contributed by atoms with Crippen molar-refractivity contribution in [1.29, 1.82) is 0 Å². The minimum atomic E-state index is -0.177. The second kappa shape index (κ2) is 11.8. The molecule has 158 valence electrons. The Morgan fingerprint density at radius 3 is 2.46 bits per heavy atom. The fourth-order valence-corrected chi connectivity index (χ4v) is 4.05. The van der Waals surface area contributed by atoms with Crippen LogP contribution in [-0.4, -0.2) is 74.7 Å². The number of hydrogen-bond acceptors (Lipinski definition) is 3. The molecular formula is C21H35FIN5. The normalized spacial score (nSPS) is 21.0. The average Bonchev–Trinajstić information content (AvgIpc) is 3.14. The van der Waals surface area contributed by atoms with Crippen LogP contribution in [0, 0.1) is 11.7 Å². The van der Waals surface area contributed by atoms with Crippen LogP contribution < -0.4 is 10.2 Å². The van der Waals surface area contributed by atoms with Crippen molar-refractivity contribution in [2.45, 2.75) is 26.7 Å². The van der Waals surface area contributed by atoms with Crippen molar-refractivity contribution in [3.8, 4) is 0 Å². The number of anilines is 1. The highest BCUT2D eigenvalue weighted by Crippen LogP contribution is 2.18. The number of piperazine rings is 1. The third-order valence-electron chi connectivity index (χ3n) is 5.51. The lowest BCUT2D eigenvalue weighted by Gasteiger charge is -2.37. The summed E-state index contributed by atoms with van der Waals surface area (Å²) in [7, 11) is 0. The molecule has 0 saturated carbocycles. The molecular weight excluding hydrogens is 468 g/mol. The van der Waals surface area contributed by atoms with Gasteiger partial charge in [0, 0.05) is 51.5 Å². The number of rotatable bonds is 6. The molecule has 2 saturated heterocycles. The molecule has 1 N–H and O–H groups in total. The van der Waals surface area contributed by atoms with Crippen LogP contribution in [0.15, 0.2) is 29.3 Å². The van der Waals surface area contributed by atoms with Gasteiger partial charge in [-0.15, -0.1) is 24.0 Å². The first-order valence-electron chi connectivity index (χ1n) is 10.5. The summed E-state index contributed by atoms with van der Waals surface area (Å²) < 4.78 is 13.1. The van der Waals surface area contributed by atoms with Crippen LogP contribution in [0.5, 0.6) is 0 Å². The predicted octanol–water partition coefficient (Wildman–Crippen LogP) is 3.26. The van der Waals surface area contributed by atoms with E-state index in [1.165, 1.54) is 44.6 Å². The summed E-state index contributed by atoms with van der Waals surface area (Å²) in [4.78, 5) is 12.2. The molecule has 1 aromatic carbocycles. The molecule has 1 unspecified atom stereocenters. The van der Waals surface area contributed by atoms with Crippen molar-refractivity contribution in [2.24, 2.45) is 10.9 Å². The molecule has 7 heteroatoms. The maximum absolute atomic E-state index is 13.1. The molecule has 1 aromatic rings. The zero-order valence-corrected chi connectivity index (χ0v) is 19.6. The largest absolute Gasteiger partial charge is 0.368 e.